The highest BCUT2D eigenvalue weighted by Gasteiger charge is 2.21. The predicted octanol–water partition coefficient (Wildman–Crippen LogP) is 6.22. The largest absolute Gasteiger partial charge is 0.497 e. The van der Waals surface area contributed by atoms with Crippen molar-refractivity contribution in [1.29, 1.82) is 0 Å². The van der Waals surface area contributed by atoms with Gasteiger partial charge in [-0.1, -0.05) is 33.4 Å². The number of piperidine rings is 1. The number of ether oxygens (including phenoxy) is 1. The smallest absolute Gasteiger partial charge is 0.226 e. The molecule has 0 bridgehead atoms. The van der Waals surface area contributed by atoms with Gasteiger partial charge in [-0.3, -0.25) is 4.79 Å². The maximum absolute atomic E-state index is 12.0. The molecule has 0 unspecified atom stereocenters. The number of aryl methyl sites for hydroxylation is 1. The number of carbonyl (C=O) groups excluding carboxylic acids is 1. The van der Waals surface area contributed by atoms with Crippen molar-refractivity contribution in [3.63, 3.8) is 0 Å². The second-order valence-electron chi connectivity index (χ2n) is 9.21. The topological polar surface area (TPSA) is 57.4 Å². The lowest BCUT2D eigenvalue weighted by Gasteiger charge is -2.32. The van der Waals surface area contributed by atoms with Crippen molar-refractivity contribution in [3.05, 3.63) is 59.8 Å². The van der Waals surface area contributed by atoms with Crippen molar-refractivity contribution >= 4 is 22.5 Å². The Morgan fingerprint density at radius 1 is 1.18 bits per heavy atom. The monoisotopic (exact) mass is 449 g/mol. The molecule has 5 heteroatoms. The summed E-state index contributed by atoms with van der Waals surface area (Å²) < 4.78 is 5.39. The molecule has 0 spiro atoms. The van der Waals surface area contributed by atoms with E-state index in [9.17, 15) is 4.79 Å². The van der Waals surface area contributed by atoms with Crippen molar-refractivity contribution in [3.8, 4) is 5.75 Å². The number of aromatic amines is 1. The Labute approximate surface area is 198 Å². The molecule has 0 atom stereocenters. The number of aromatic nitrogens is 1. The summed E-state index contributed by atoms with van der Waals surface area (Å²) in [5.74, 6) is 1.55. The summed E-state index contributed by atoms with van der Waals surface area (Å²) in [6, 6.07) is 14.6. The first-order valence-electron chi connectivity index (χ1n) is 11.8. The molecule has 1 fully saturated rings. The van der Waals surface area contributed by atoms with Crippen LogP contribution in [0.5, 0.6) is 5.75 Å². The Kier molecular flexibility index (Phi) is 8.56. The zero-order chi connectivity index (χ0) is 22.5. The number of nitrogens with one attached hydrogen (secondary N) is 2. The SMILES string of the molecule is C.COc1ccc2[nH]cc(CCCN3CCC(c4cccc(NC(=O)C(C)C)c4)CC3)c2c1. The average molecular weight is 450 g/mol. The number of fused-ring (bicyclic) bond motifs is 1. The number of amides is 1. The molecule has 1 aliphatic rings. The van der Waals surface area contributed by atoms with Gasteiger partial charge in [-0.2, -0.15) is 0 Å². The van der Waals surface area contributed by atoms with Crippen LogP contribution in [-0.2, 0) is 11.2 Å². The van der Waals surface area contributed by atoms with E-state index in [1.165, 1.54) is 34.9 Å². The molecule has 2 heterocycles. The summed E-state index contributed by atoms with van der Waals surface area (Å²) in [4.78, 5) is 18.0. The fourth-order valence-corrected chi connectivity index (χ4v) is 4.63. The van der Waals surface area contributed by atoms with Crippen LogP contribution in [0, 0.1) is 5.92 Å². The lowest BCUT2D eigenvalue weighted by Crippen LogP contribution is -2.33. The van der Waals surface area contributed by atoms with Crippen LogP contribution in [0.4, 0.5) is 5.69 Å². The van der Waals surface area contributed by atoms with Gasteiger partial charge < -0.3 is 19.9 Å². The molecule has 3 aromatic rings. The Bertz CT molecular complexity index is 1050. The molecule has 1 saturated heterocycles. The number of carbonyl (C=O) groups is 1. The second kappa shape index (κ2) is 11.4. The first-order chi connectivity index (χ1) is 15.5. The molecular weight excluding hydrogens is 410 g/mol. The first kappa shape index (κ1) is 24.8. The maximum Gasteiger partial charge on any atom is 0.226 e. The molecule has 0 aliphatic carbocycles. The van der Waals surface area contributed by atoms with Gasteiger partial charge in [0.2, 0.25) is 5.91 Å². The number of methoxy groups -OCH3 is 1. The summed E-state index contributed by atoms with van der Waals surface area (Å²) >= 11 is 0. The highest BCUT2D eigenvalue weighted by atomic mass is 16.5. The fourth-order valence-electron chi connectivity index (χ4n) is 4.63. The van der Waals surface area contributed by atoms with Gasteiger partial charge in [0.25, 0.3) is 0 Å². The average Bonchev–Trinajstić information content (AvgIpc) is 3.21. The number of rotatable bonds is 8. The van der Waals surface area contributed by atoms with Crippen molar-refractivity contribution in [2.45, 2.75) is 52.9 Å². The minimum atomic E-state index is -0.00631. The Morgan fingerprint density at radius 2 is 1.97 bits per heavy atom. The summed E-state index contributed by atoms with van der Waals surface area (Å²) in [5, 5.41) is 4.30. The van der Waals surface area contributed by atoms with Gasteiger partial charge in [-0.15, -0.1) is 0 Å². The van der Waals surface area contributed by atoms with Crippen molar-refractivity contribution in [2.75, 3.05) is 32.1 Å². The van der Waals surface area contributed by atoms with Crippen molar-refractivity contribution in [1.82, 2.24) is 9.88 Å². The number of H-pyrrole nitrogens is 1. The lowest BCUT2D eigenvalue weighted by molar-refractivity contribution is -0.118. The summed E-state index contributed by atoms with van der Waals surface area (Å²) in [6.07, 6.45) is 6.72. The molecule has 0 saturated carbocycles. The molecule has 0 radical (unpaired) electrons. The van der Waals surface area contributed by atoms with E-state index in [1.807, 2.05) is 26.0 Å². The van der Waals surface area contributed by atoms with Crippen LogP contribution >= 0.6 is 0 Å². The standard InChI is InChI=1S/C27H35N3O2.CH4/c1-19(2)27(31)29-23-8-4-6-21(16-23)20-11-14-30(15-12-20)13-5-7-22-18-28-26-10-9-24(32-3)17-25(22)26;/h4,6,8-10,16-20,28H,5,7,11-15H2,1-3H3,(H,29,31);1H4. The number of likely N-dealkylation sites (tertiary alicyclic amines) is 1. The Balaban J connectivity index is 0.00000306. The highest BCUT2D eigenvalue weighted by molar-refractivity contribution is 5.92. The van der Waals surface area contributed by atoms with Crippen molar-refractivity contribution < 1.29 is 9.53 Å². The van der Waals surface area contributed by atoms with E-state index in [2.05, 4.69) is 51.7 Å². The van der Waals surface area contributed by atoms with Crippen LogP contribution in [0.3, 0.4) is 0 Å². The van der Waals surface area contributed by atoms with Crippen LogP contribution in [-0.4, -0.2) is 42.5 Å². The van der Waals surface area contributed by atoms with E-state index < -0.39 is 0 Å². The number of benzene rings is 2. The third-order valence-electron chi connectivity index (χ3n) is 6.63. The quantitative estimate of drug-likeness (QED) is 0.429. The van der Waals surface area contributed by atoms with Gasteiger partial charge in [0.15, 0.2) is 0 Å². The molecule has 2 aromatic carbocycles. The highest BCUT2D eigenvalue weighted by Crippen LogP contribution is 2.30. The fraction of sp³-hybridized carbons (Fsp3) is 0.464. The Morgan fingerprint density at radius 3 is 2.70 bits per heavy atom. The molecular formula is C28H39N3O2. The molecule has 178 valence electrons. The number of hydrogen-bond acceptors (Lipinski definition) is 3. The van der Waals surface area contributed by atoms with Crippen LogP contribution in [0.15, 0.2) is 48.7 Å². The van der Waals surface area contributed by atoms with Crippen LogP contribution < -0.4 is 10.1 Å². The number of hydrogen-bond donors (Lipinski definition) is 2. The third kappa shape index (κ3) is 6.17. The number of nitrogens with zero attached hydrogens (tertiary/aromatic N) is 1. The lowest BCUT2D eigenvalue weighted by atomic mass is 9.89. The van der Waals surface area contributed by atoms with Gasteiger partial charge in [0, 0.05) is 28.7 Å². The summed E-state index contributed by atoms with van der Waals surface area (Å²) in [7, 11) is 1.72. The van der Waals surface area contributed by atoms with E-state index in [0.717, 1.165) is 43.9 Å². The van der Waals surface area contributed by atoms with Crippen LogP contribution in [0.1, 0.15) is 57.6 Å². The summed E-state index contributed by atoms with van der Waals surface area (Å²) in [5.41, 5.74) is 4.81. The third-order valence-corrected chi connectivity index (χ3v) is 6.63. The van der Waals surface area contributed by atoms with E-state index >= 15 is 0 Å². The van der Waals surface area contributed by atoms with E-state index in [-0.39, 0.29) is 19.3 Å². The van der Waals surface area contributed by atoms with E-state index in [1.54, 1.807) is 7.11 Å². The predicted molar refractivity (Wildman–Crippen MR) is 138 cm³/mol. The van der Waals surface area contributed by atoms with Crippen LogP contribution in [0.25, 0.3) is 10.9 Å². The van der Waals surface area contributed by atoms with Gasteiger partial charge >= 0.3 is 0 Å². The minimum Gasteiger partial charge on any atom is -0.497 e. The van der Waals surface area contributed by atoms with E-state index in [4.69, 9.17) is 4.74 Å². The molecule has 4 rings (SSSR count). The molecule has 1 amide bonds. The zero-order valence-electron chi connectivity index (χ0n) is 19.5. The number of anilines is 1. The first-order valence-corrected chi connectivity index (χ1v) is 11.8. The van der Waals surface area contributed by atoms with Gasteiger partial charge in [-0.05, 0) is 92.7 Å². The molecule has 5 nitrogen and oxygen atoms in total. The molecule has 2 N–H and O–H groups in total. The maximum atomic E-state index is 12.0. The Hall–Kier alpha value is -2.79. The van der Waals surface area contributed by atoms with Crippen molar-refractivity contribution in [2.24, 2.45) is 5.92 Å². The molecule has 1 aliphatic heterocycles. The minimum absolute atomic E-state index is 0. The van der Waals surface area contributed by atoms with Crippen LogP contribution in [0.2, 0.25) is 0 Å². The van der Waals surface area contributed by atoms with Gasteiger partial charge in [0.05, 0.1) is 7.11 Å². The summed E-state index contributed by atoms with van der Waals surface area (Å²) in [6.45, 7) is 7.24. The second-order valence-corrected chi connectivity index (χ2v) is 9.21. The normalized spacial score (nSPS) is 14.9. The van der Waals surface area contributed by atoms with Gasteiger partial charge in [-0.25, -0.2) is 0 Å². The molecule has 33 heavy (non-hydrogen) atoms. The van der Waals surface area contributed by atoms with Gasteiger partial charge in [0.1, 0.15) is 5.75 Å². The molecule has 1 aromatic heterocycles. The zero-order valence-corrected chi connectivity index (χ0v) is 19.5. The van der Waals surface area contributed by atoms with E-state index in [0.29, 0.717) is 5.92 Å².